The lowest BCUT2D eigenvalue weighted by Gasteiger charge is -2.26. The molecule has 1 aliphatic rings. The van der Waals surface area contributed by atoms with Gasteiger partial charge in [-0.2, -0.15) is 0 Å². The Bertz CT molecular complexity index is 1420. The fraction of sp³-hybridized carbons (Fsp3) is 0.240. The number of phenolic OH excluding ortho intramolecular Hbond substituents is 1. The van der Waals surface area contributed by atoms with Crippen molar-refractivity contribution in [1.82, 2.24) is 4.57 Å². The van der Waals surface area contributed by atoms with Gasteiger partial charge in [0.05, 0.1) is 29.0 Å². The maximum atomic E-state index is 13.6. The van der Waals surface area contributed by atoms with Crippen molar-refractivity contribution in [2.75, 3.05) is 13.2 Å². The predicted octanol–water partition coefficient (Wildman–Crippen LogP) is 2.90. The zero-order valence-corrected chi connectivity index (χ0v) is 19.4. The molecule has 2 aromatic carbocycles. The molecule has 1 aromatic heterocycles. The van der Waals surface area contributed by atoms with E-state index >= 15 is 0 Å². The van der Waals surface area contributed by atoms with E-state index in [-0.39, 0.29) is 17.9 Å². The smallest absolute Gasteiger partial charge is 0.338 e. The van der Waals surface area contributed by atoms with E-state index in [4.69, 9.17) is 9.47 Å². The van der Waals surface area contributed by atoms with E-state index in [1.165, 1.54) is 15.9 Å². The molecule has 0 spiro atoms. The first kappa shape index (κ1) is 22.5. The van der Waals surface area contributed by atoms with Gasteiger partial charge in [0.25, 0.3) is 5.56 Å². The lowest BCUT2D eigenvalue weighted by Crippen LogP contribution is -2.40. The van der Waals surface area contributed by atoms with E-state index in [9.17, 15) is 14.7 Å². The highest BCUT2D eigenvalue weighted by atomic mass is 32.1. The zero-order valence-electron chi connectivity index (χ0n) is 18.6. The van der Waals surface area contributed by atoms with Gasteiger partial charge in [-0.05, 0) is 39.0 Å². The van der Waals surface area contributed by atoms with Crippen molar-refractivity contribution in [2.24, 2.45) is 4.99 Å². The van der Waals surface area contributed by atoms with Crippen LogP contribution in [-0.4, -0.2) is 28.9 Å². The van der Waals surface area contributed by atoms with Crippen LogP contribution in [0.15, 0.2) is 69.6 Å². The molecule has 8 heteroatoms. The molecular weight excluding hydrogens is 440 g/mol. The number of fused-ring (bicyclic) bond motifs is 1. The Kier molecular flexibility index (Phi) is 6.46. The summed E-state index contributed by atoms with van der Waals surface area (Å²) in [5, 5.41) is 10.2. The van der Waals surface area contributed by atoms with Gasteiger partial charge < -0.3 is 14.6 Å². The van der Waals surface area contributed by atoms with Gasteiger partial charge in [0.2, 0.25) is 0 Å². The maximum absolute atomic E-state index is 13.6. The van der Waals surface area contributed by atoms with Crippen LogP contribution in [0, 0.1) is 0 Å². The highest BCUT2D eigenvalue weighted by Gasteiger charge is 2.35. The second-order valence-corrected chi connectivity index (χ2v) is 8.34. The Labute approximate surface area is 194 Å². The SMILES string of the molecule is CCOC(=O)C1=C(C)N=c2s/c(=C\c3ccccc3O)c(=O)n2[C@@H]1c1ccccc1OCC. The van der Waals surface area contributed by atoms with Crippen LogP contribution in [0.5, 0.6) is 11.5 Å². The fourth-order valence-corrected chi connectivity index (χ4v) is 4.87. The highest BCUT2D eigenvalue weighted by Crippen LogP contribution is 2.35. The first-order chi connectivity index (χ1) is 16.0. The summed E-state index contributed by atoms with van der Waals surface area (Å²) in [6.45, 7) is 5.99. The maximum Gasteiger partial charge on any atom is 0.338 e. The highest BCUT2D eigenvalue weighted by molar-refractivity contribution is 7.07. The molecule has 3 aromatic rings. The first-order valence-electron chi connectivity index (χ1n) is 10.7. The number of esters is 1. The molecule has 0 aliphatic carbocycles. The summed E-state index contributed by atoms with van der Waals surface area (Å²) in [4.78, 5) is 31.6. The third-order valence-electron chi connectivity index (χ3n) is 5.25. The van der Waals surface area contributed by atoms with Gasteiger partial charge in [0.15, 0.2) is 4.80 Å². The second kappa shape index (κ2) is 9.46. The number of ether oxygens (including phenoxy) is 2. The largest absolute Gasteiger partial charge is 0.507 e. The monoisotopic (exact) mass is 464 g/mol. The van der Waals surface area contributed by atoms with Crippen molar-refractivity contribution >= 4 is 23.4 Å². The van der Waals surface area contributed by atoms with Crippen LogP contribution in [0.25, 0.3) is 6.08 Å². The zero-order chi connectivity index (χ0) is 23.5. The summed E-state index contributed by atoms with van der Waals surface area (Å²) in [6, 6.07) is 13.4. The van der Waals surface area contributed by atoms with Crippen LogP contribution in [-0.2, 0) is 9.53 Å². The van der Waals surface area contributed by atoms with Crippen molar-refractivity contribution in [1.29, 1.82) is 0 Å². The minimum Gasteiger partial charge on any atom is -0.507 e. The number of nitrogens with zero attached hydrogens (tertiary/aromatic N) is 2. The molecular formula is C25H24N2O5S. The lowest BCUT2D eigenvalue weighted by molar-refractivity contribution is -0.139. The molecule has 0 unspecified atom stereocenters. The van der Waals surface area contributed by atoms with Crippen LogP contribution in [0.2, 0.25) is 0 Å². The molecule has 2 heterocycles. The van der Waals surface area contributed by atoms with Gasteiger partial charge in [-0.15, -0.1) is 0 Å². The number of rotatable bonds is 6. The number of aromatic hydroxyl groups is 1. The number of para-hydroxylation sites is 2. The van der Waals surface area contributed by atoms with E-state index in [2.05, 4.69) is 4.99 Å². The molecule has 170 valence electrons. The third kappa shape index (κ3) is 4.21. The van der Waals surface area contributed by atoms with E-state index in [1.807, 2.05) is 31.2 Å². The van der Waals surface area contributed by atoms with Crippen molar-refractivity contribution in [2.45, 2.75) is 26.8 Å². The molecule has 1 atom stereocenters. The molecule has 0 radical (unpaired) electrons. The van der Waals surface area contributed by atoms with Crippen LogP contribution in [0.3, 0.4) is 0 Å². The molecule has 0 amide bonds. The molecule has 4 rings (SSSR count). The molecule has 0 bridgehead atoms. The molecule has 1 aliphatic heterocycles. The van der Waals surface area contributed by atoms with Gasteiger partial charge in [-0.25, -0.2) is 9.79 Å². The van der Waals surface area contributed by atoms with Gasteiger partial charge in [0, 0.05) is 11.1 Å². The van der Waals surface area contributed by atoms with E-state index < -0.39 is 12.0 Å². The van der Waals surface area contributed by atoms with E-state index in [0.29, 0.717) is 44.1 Å². The standard InChI is InChI=1S/C25H24N2O5S/c1-4-31-19-13-9-7-11-17(19)22-21(24(30)32-5-2)15(3)26-25-27(22)23(29)20(33-25)14-16-10-6-8-12-18(16)28/h6-14,22,28H,4-5H2,1-3H3/b20-14-/t22-/m1/s1. The van der Waals surface area contributed by atoms with Crippen LogP contribution < -0.4 is 19.6 Å². The van der Waals surface area contributed by atoms with Crippen LogP contribution >= 0.6 is 11.3 Å². The Hall–Kier alpha value is -3.65. The molecule has 7 nitrogen and oxygen atoms in total. The van der Waals surface area contributed by atoms with Gasteiger partial charge in [-0.3, -0.25) is 9.36 Å². The van der Waals surface area contributed by atoms with Crippen LogP contribution in [0.4, 0.5) is 0 Å². The van der Waals surface area contributed by atoms with Crippen molar-refractivity contribution in [3.05, 3.63) is 90.6 Å². The number of allylic oxidation sites excluding steroid dienone is 1. The van der Waals surface area contributed by atoms with Crippen LogP contribution in [0.1, 0.15) is 37.9 Å². The average molecular weight is 465 g/mol. The number of hydrogen-bond acceptors (Lipinski definition) is 7. The summed E-state index contributed by atoms with van der Waals surface area (Å²) >= 11 is 1.20. The minimum absolute atomic E-state index is 0.0740. The molecule has 33 heavy (non-hydrogen) atoms. The Morgan fingerprint density at radius 3 is 2.61 bits per heavy atom. The van der Waals surface area contributed by atoms with Gasteiger partial charge in [0.1, 0.15) is 17.5 Å². The van der Waals surface area contributed by atoms with Crippen molar-refractivity contribution in [3.63, 3.8) is 0 Å². The van der Waals surface area contributed by atoms with Crippen molar-refractivity contribution in [3.8, 4) is 11.5 Å². The van der Waals surface area contributed by atoms with Gasteiger partial charge >= 0.3 is 5.97 Å². The average Bonchev–Trinajstić information content (AvgIpc) is 3.10. The normalized spacial score (nSPS) is 15.7. The molecule has 0 saturated carbocycles. The van der Waals surface area contributed by atoms with Gasteiger partial charge in [-0.1, -0.05) is 47.7 Å². The first-order valence-corrected chi connectivity index (χ1v) is 11.5. The summed E-state index contributed by atoms with van der Waals surface area (Å²) < 4.78 is 13.1. The number of phenols is 1. The summed E-state index contributed by atoms with van der Waals surface area (Å²) in [6.07, 6.45) is 1.63. The molecule has 0 fully saturated rings. The predicted molar refractivity (Wildman–Crippen MR) is 126 cm³/mol. The van der Waals surface area contributed by atoms with Crippen molar-refractivity contribution < 1.29 is 19.4 Å². The lowest BCUT2D eigenvalue weighted by atomic mass is 9.95. The Morgan fingerprint density at radius 2 is 1.88 bits per heavy atom. The minimum atomic E-state index is -0.755. The number of benzene rings is 2. The third-order valence-corrected chi connectivity index (χ3v) is 6.24. The fourth-order valence-electron chi connectivity index (χ4n) is 3.83. The number of hydrogen-bond donors (Lipinski definition) is 1. The topological polar surface area (TPSA) is 90.1 Å². The number of aromatic nitrogens is 1. The van der Waals surface area contributed by atoms with E-state index in [0.717, 1.165) is 0 Å². The molecule has 1 N–H and O–H groups in total. The number of carbonyl (C=O) groups excluding carboxylic acids is 1. The Morgan fingerprint density at radius 1 is 1.15 bits per heavy atom. The summed E-state index contributed by atoms with van der Waals surface area (Å²) in [5.74, 6) is 0.131. The summed E-state index contributed by atoms with van der Waals surface area (Å²) in [7, 11) is 0. The molecule has 0 saturated heterocycles. The second-order valence-electron chi connectivity index (χ2n) is 7.33. The summed E-state index contributed by atoms with van der Waals surface area (Å²) in [5.41, 5.74) is 1.67. The number of thiazole rings is 1. The quantitative estimate of drug-likeness (QED) is 0.567. The Balaban J connectivity index is 2.00. The number of carbonyl (C=O) groups is 1. The van der Waals surface area contributed by atoms with E-state index in [1.54, 1.807) is 44.2 Å².